The van der Waals surface area contributed by atoms with Crippen LogP contribution in [0.1, 0.15) is 21.5 Å². The summed E-state index contributed by atoms with van der Waals surface area (Å²) in [5.41, 5.74) is 5.05. The summed E-state index contributed by atoms with van der Waals surface area (Å²) in [6.45, 7) is 3.14. The Labute approximate surface area is 198 Å². The average molecular weight is 459 g/mol. The van der Waals surface area contributed by atoms with E-state index in [0.717, 1.165) is 39.0 Å². The highest BCUT2D eigenvalue weighted by Gasteiger charge is 2.20. The summed E-state index contributed by atoms with van der Waals surface area (Å²) >= 11 is 0. The normalized spacial score (nSPS) is 10.9. The fraction of sp³-hybridized carbons (Fsp3) is 0.214. The molecule has 4 rings (SSSR count). The van der Waals surface area contributed by atoms with Crippen molar-refractivity contribution in [2.75, 3.05) is 27.4 Å². The van der Waals surface area contributed by atoms with Crippen LogP contribution in [0.5, 0.6) is 5.75 Å². The molecule has 0 aliphatic heterocycles. The lowest BCUT2D eigenvalue weighted by Gasteiger charge is -2.24. The van der Waals surface area contributed by atoms with E-state index in [2.05, 4.69) is 12.1 Å². The van der Waals surface area contributed by atoms with Crippen LogP contribution in [0.3, 0.4) is 0 Å². The highest BCUT2D eigenvalue weighted by Crippen LogP contribution is 2.29. The van der Waals surface area contributed by atoms with Crippen LogP contribution in [0, 0.1) is 12.7 Å². The number of benzene rings is 3. The molecule has 0 unspecified atom stereocenters. The van der Waals surface area contributed by atoms with Gasteiger partial charge in [0.15, 0.2) is 0 Å². The minimum atomic E-state index is -0.379. The third-order valence-corrected chi connectivity index (χ3v) is 5.70. The summed E-state index contributed by atoms with van der Waals surface area (Å²) in [6, 6.07) is 21.6. The molecule has 34 heavy (non-hydrogen) atoms. The number of amides is 1. The molecule has 0 aliphatic rings. The molecule has 6 heteroatoms. The maximum atomic E-state index is 13.4. The van der Waals surface area contributed by atoms with Gasteiger partial charge in [-0.3, -0.25) is 4.79 Å². The van der Waals surface area contributed by atoms with Gasteiger partial charge in [-0.15, -0.1) is 0 Å². The Bertz CT molecular complexity index is 1310. The molecule has 1 heterocycles. The third-order valence-electron chi connectivity index (χ3n) is 5.70. The summed E-state index contributed by atoms with van der Waals surface area (Å²) in [4.78, 5) is 20.0. The van der Waals surface area contributed by atoms with E-state index >= 15 is 0 Å². The monoisotopic (exact) mass is 458 g/mol. The van der Waals surface area contributed by atoms with Crippen molar-refractivity contribution in [1.29, 1.82) is 0 Å². The van der Waals surface area contributed by atoms with Crippen LogP contribution >= 0.6 is 0 Å². The second-order valence-corrected chi connectivity index (χ2v) is 8.15. The van der Waals surface area contributed by atoms with Crippen LogP contribution in [-0.4, -0.2) is 43.2 Å². The fourth-order valence-electron chi connectivity index (χ4n) is 3.92. The van der Waals surface area contributed by atoms with Crippen LogP contribution in [0.15, 0.2) is 72.8 Å². The summed E-state index contributed by atoms with van der Waals surface area (Å²) in [7, 11) is 3.23. The smallest absolute Gasteiger partial charge is 0.254 e. The van der Waals surface area contributed by atoms with Crippen molar-refractivity contribution >= 4 is 16.8 Å². The molecule has 4 aromatic rings. The van der Waals surface area contributed by atoms with Crippen LogP contribution in [0.4, 0.5) is 4.39 Å². The van der Waals surface area contributed by atoms with Gasteiger partial charge in [-0.05, 0) is 61.0 Å². The highest BCUT2D eigenvalue weighted by atomic mass is 19.1. The van der Waals surface area contributed by atoms with Gasteiger partial charge in [0.25, 0.3) is 5.91 Å². The summed E-state index contributed by atoms with van der Waals surface area (Å²) < 4.78 is 24.1. The minimum Gasteiger partial charge on any atom is -0.497 e. The number of rotatable bonds is 8. The third kappa shape index (κ3) is 5.24. The number of fused-ring (bicyclic) bond motifs is 1. The molecule has 174 valence electrons. The quantitative estimate of drug-likeness (QED) is 0.343. The van der Waals surface area contributed by atoms with Gasteiger partial charge in [-0.2, -0.15) is 0 Å². The second kappa shape index (κ2) is 10.4. The number of hydrogen-bond acceptors (Lipinski definition) is 4. The van der Waals surface area contributed by atoms with E-state index in [0.29, 0.717) is 25.3 Å². The van der Waals surface area contributed by atoms with Gasteiger partial charge >= 0.3 is 0 Å². The Kier molecular flexibility index (Phi) is 7.18. The van der Waals surface area contributed by atoms with E-state index in [4.69, 9.17) is 14.5 Å². The van der Waals surface area contributed by atoms with Gasteiger partial charge in [0.05, 0.1) is 24.9 Å². The van der Waals surface area contributed by atoms with Crippen molar-refractivity contribution in [3.63, 3.8) is 0 Å². The standard InChI is InChI=1S/C28H27FN2O3/c1-19-5-4-6-22(15-19)27-23(16-21-9-12-25(34-3)17-26(21)30-27)18-31(13-14-33-2)28(32)20-7-10-24(29)11-8-20/h4-12,15-17H,13-14,18H2,1-3H3. The van der Waals surface area contributed by atoms with Gasteiger partial charge in [-0.1, -0.05) is 23.8 Å². The number of aromatic nitrogens is 1. The van der Waals surface area contributed by atoms with Crippen molar-refractivity contribution < 1.29 is 18.7 Å². The SMILES string of the molecule is COCCN(Cc1cc2ccc(OC)cc2nc1-c1cccc(C)c1)C(=O)c1ccc(F)cc1. The predicted molar refractivity (Wildman–Crippen MR) is 131 cm³/mol. The molecule has 0 bridgehead atoms. The Morgan fingerprint density at radius 1 is 1.00 bits per heavy atom. The number of carbonyl (C=O) groups excluding carboxylic acids is 1. The Balaban J connectivity index is 1.80. The van der Waals surface area contributed by atoms with E-state index in [1.165, 1.54) is 24.3 Å². The van der Waals surface area contributed by atoms with Gasteiger partial charge < -0.3 is 14.4 Å². The van der Waals surface area contributed by atoms with Crippen molar-refractivity contribution in [2.24, 2.45) is 0 Å². The molecule has 0 aliphatic carbocycles. The van der Waals surface area contributed by atoms with Crippen LogP contribution in [0.2, 0.25) is 0 Å². The zero-order valence-corrected chi connectivity index (χ0v) is 19.5. The van der Waals surface area contributed by atoms with Crippen molar-refractivity contribution in [1.82, 2.24) is 9.88 Å². The first-order valence-corrected chi connectivity index (χ1v) is 11.1. The van der Waals surface area contributed by atoms with Gasteiger partial charge in [0.2, 0.25) is 0 Å². The Morgan fingerprint density at radius 3 is 2.50 bits per heavy atom. The van der Waals surface area contributed by atoms with Crippen LogP contribution < -0.4 is 4.74 Å². The number of pyridine rings is 1. The topological polar surface area (TPSA) is 51.7 Å². The minimum absolute atomic E-state index is 0.193. The first-order chi connectivity index (χ1) is 16.5. The zero-order valence-electron chi connectivity index (χ0n) is 19.5. The first-order valence-electron chi connectivity index (χ1n) is 11.1. The Morgan fingerprint density at radius 2 is 1.79 bits per heavy atom. The molecule has 0 radical (unpaired) electrons. The lowest BCUT2D eigenvalue weighted by Crippen LogP contribution is -2.33. The van der Waals surface area contributed by atoms with Crippen molar-refractivity contribution in [3.05, 3.63) is 95.3 Å². The van der Waals surface area contributed by atoms with E-state index < -0.39 is 0 Å². The molecule has 0 saturated heterocycles. The number of hydrogen-bond donors (Lipinski definition) is 0. The lowest BCUT2D eigenvalue weighted by atomic mass is 10.0. The van der Waals surface area contributed by atoms with Gasteiger partial charge in [-0.25, -0.2) is 9.37 Å². The van der Waals surface area contributed by atoms with Crippen molar-refractivity contribution in [2.45, 2.75) is 13.5 Å². The molecule has 0 atom stereocenters. The number of nitrogens with zero attached hydrogens (tertiary/aromatic N) is 2. The van der Waals surface area contributed by atoms with Gasteiger partial charge in [0.1, 0.15) is 11.6 Å². The first kappa shape index (κ1) is 23.4. The largest absolute Gasteiger partial charge is 0.497 e. The van der Waals surface area contributed by atoms with E-state index in [9.17, 15) is 9.18 Å². The molecular formula is C28H27FN2O3. The van der Waals surface area contributed by atoms with E-state index in [-0.39, 0.29) is 11.7 Å². The maximum absolute atomic E-state index is 13.4. The average Bonchev–Trinajstić information content (AvgIpc) is 2.85. The van der Waals surface area contributed by atoms with E-state index in [1.54, 1.807) is 19.1 Å². The summed E-state index contributed by atoms with van der Waals surface area (Å²) in [5, 5.41) is 0.952. The molecule has 1 amide bonds. The molecule has 0 N–H and O–H groups in total. The molecule has 0 fully saturated rings. The molecular weight excluding hydrogens is 431 g/mol. The lowest BCUT2D eigenvalue weighted by molar-refractivity contribution is 0.0680. The van der Waals surface area contributed by atoms with Crippen molar-refractivity contribution in [3.8, 4) is 17.0 Å². The molecule has 0 spiro atoms. The second-order valence-electron chi connectivity index (χ2n) is 8.15. The van der Waals surface area contributed by atoms with E-state index in [1.807, 2.05) is 43.3 Å². The maximum Gasteiger partial charge on any atom is 0.254 e. The summed E-state index contributed by atoms with van der Waals surface area (Å²) in [5.74, 6) is 0.161. The summed E-state index contributed by atoms with van der Waals surface area (Å²) in [6.07, 6.45) is 0. The zero-order chi connectivity index (χ0) is 24.1. The van der Waals surface area contributed by atoms with Crippen LogP contribution in [-0.2, 0) is 11.3 Å². The number of halogens is 1. The fourth-order valence-corrected chi connectivity index (χ4v) is 3.92. The Hall–Kier alpha value is -3.77. The molecule has 0 saturated carbocycles. The van der Waals surface area contributed by atoms with Crippen LogP contribution in [0.25, 0.3) is 22.2 Å². The number of ether oxygens (including phenoxy) is 2. The predicted octanol–water partition coefficient (Wildman–Crippen LogP) is 5.65. The molecule has 5 nitrogen and oxygen atoms in total. The van der Waals surface area contributed by atoms with Gasteiger partial charge in [0, 0.05) is 42.8 Å². The molecule has 1 aromatic heterocycles. The number of methoxy groups -OCH3 is 2. The number of carbonyl (C=O) groups is 1. The molecule has 3 aromatic carbocycles. The highest BCUT2D eigenvalue weighted by molar-refractivity contribution is 5.94. The number of aryl methyl sites for hydroxylation is 1.